The number of hydrogen-bond donors (Lipinski definition) is 2. The van der Waals surface area contributed by atoms with E-state index < -0.39 is 11.9 Å². The van der Waals surface area contributed by atoms with Crippen molar-refractivity contribution in [3.8, 4) is 5.75 Å². The van der Waals surface area contributed by atoms with E-state index in [4.69, 9.17) is 11.6 Å². The van der Waals surface area contributed by atoms with Crippen molar-refractivity contribution in [2.45, 2.75) is 6.36 Å². The second-order valence-corrected chi connectivity index (χ2v) is 3.97. The summed E-state index contributed by atoms with van der Waals surface area (Å²) in [4.78, 5) is 17.3. The number of alkyl halides is 3. The zero-order valence-corrected chi connectivity index (χ0v) is 10.4. The molecule has 0 saturated carbocycles. The molecule has 0 aliphatic rings. The van der Waals surface area contributed by atoms with Crippen LogP contribution in [0.5, 0.6) is 5.75 Å². The topological polar surface area (TPSA) is 67.0 Å². The highest BCUT2D eigenvalue weighted by molar-refractivity contribution is 6.32. The Kier molecular flexibility index (Phi) is 3.84. The average molecular weight is 306 g/mol. The molecule has 0 unspecified atom stereocenters. The first-order valence-corrected chi connectivity index (χ1v) is 5.59. The number of anilines is 2. The molecule has 0 aliphatic heterocycles. The van der Waals surface area contributed by atoms with Gasteiger partial charge in [-0.2, -0.15) is 0 Å². The third kappa shape index (κ3) is 3.64. The highest BCUT2D eigenvalue weighted by Crippen LogP contribution is 2.25. The van der Waals surface area contributed by atoms with Crippen LogP contribution in [0.3, 0.4) is 0 Å². The summed E-state index contributed by atoms with van der Waals surface area (Å²) in [6.45, 7) is 0. The van der Waals surface area contributed by atoms with Gasteiger partial charge in [0.2, 0.25) is 0 Å². The Labute approximate surface area is 115 Å². The van der Waals surface area contributed by atoms with E-state index in [1.54, 1.807) is 0 Å². The van der Waals surface area contributed by atoms with Crippen molar-refractivity contribution in [1.82, 2.24) is 9.97 Å². The Balaban J connectivity index is 2.15. The fourth-order valence-electron chi connectivity index (χ4n) is 1.35. The van der Waals surface area contributed by atoms with Crippen LogP contribution in [0.1, 0.15) is 0 Å². The van der Waals surface area contributed by atoms with E-state index in [1.807, 2.05) is 0 Å². The molecule has 0 spiro atoms. The Morgan fingerprint density at radius 3 is 2.50 bits per heavy atom. The second kappa shape index (κ2) is 5.41. The van der Waals surface area contributed by atoms with Crippen molar-refractivity contribution in [3.05, 3.63) is 46.0 Å². The van der Waals surface area contributed by atoms with E-state index in [1.165, 1.54) is 12.1 Å². The Morgan fingerprint density at radius 2 is 1.90 bits per heavy atom. The average Bonchev–Trinajstić information content (AvgIpc) is 2.35. The van der Waals surface area contributed by atoms with E-state index in [-0.39, 0.29) is 16.6 Å². The molecule has 20 heavy (non-hydrogen) atoms. The van der Waals surface area contributed by atoms with Gasteiger partial charge < -0.3 is 15.0 Å². The van der Waals surface area contributed by atoms with Crippen LogP contribution in [0.2, 0.25) is 5.02 Å². The first-order chi connectivity index (χ1) is 9.35. The monoisotopic (exact) mass is 305 g/mol. The number of ether oxygens (including phenoxy) is 1. The van der Waals surface area contributed by atoms with Crippen molar-refractivity contribution in [2.75, 3.05) is 5.32 Å². The molecule has 1 aromatic carbocycles. The maximum Gasteiger partial charge on any atom is 0.573 e. The van der Waals surface area contributed by atoms with Crippen LogP contribution < -0.4 is 15.6 Å². The molecule has 0 aliphatic carbocycles. The third-order valence-electron chi connectivity index (χ3n) is 2.15. The number of nitrogens with one attached hydrogen (secondary N) is 2. The molecule has 1 heterocycles. The molecule has 2 N–H and O–H groups in total. The molecule has 0 atom stereocenters. The van der Waals surface area contributed by atoms with Gasteiger partial charge in [0.25, 0.3) is 5.56 Å². The smallest absolute Gasteiger partial charge is 0.406 e. The lowest BCUT2D eigenvalue weighted by atomic mass is 10.3. The Hall–Kier alpha value is -2.22. The number of aromatic nitrogens is 2. The van der Waals surface area contributed by atoms with Crippen molar-refractivity contribution >= 4 is 23.1 Å². The first-order valence-electron chi connectivity index (χ1n) is 5.21. The minimum Gasteiger partial charge on any atom is -0.406 e. The van der Waals surface area contributed by atoms with Crippen LogP contribution in [0, 0.1) is 0 Å². The molecule has 0 radical (unpaired) electrons. The van der Waals surface area contributed by atoms with Gasteiger partial charge in [0.1, 0.15) is 10.8 Å². The second-order valence-electron chi connectivity index (χ2n) is 3.59. The Bertz CT molecular complexity index is 655. The van der Waals surface area contributed by atoms with Gasteiger partial charge in [0.15, 0.2) is 5.82 Å². The largest absolute Gasteiger partial charge is 0.573 e. The predicted octanol–water partition coefficient (Wildman–Crippen LogP) is 3.07. The fraction of sp³-hybridized carbons (Fsp3) is 0.0909. The highest BCUT2D eigenvalue weighted by atomic mass is 35.5. The van der Waals surface area contributed by atoms with Crippen LogP contribution in [0.15, 0.2) is 35.4 Å². The highest BCUT2D eigenvalue weighted by Gasteiger charge is 2.30. The molecule has 2 aromatic rings. The van der Waals surface area contributed by atoms with Crippen LogP contribution in [-0.2, 0) is 0 Å². The summed E-state index contributed by atoms with van der Waals surface area (Å²) in [5.74, 6) is -0.257. The number of H-pyrrole nitrogens is 1. The summed E-state index contributed by atoms with van der Waals surface area (Å²) in [5.41, 5.74) is -0.124. The van der Waals surface area contributed by atoms with Gasteiger partial charge in [-0.05, 0) is 24.3 Å². The molecule has 9 heteroatoms. The minimum absolute atomic E-state index is 0.0971. The quantitative estimate of drug-likeness (QED) is 0.914. The Morgan fingerprint density at radius 1 is 1.25 bits per heavy atom. The van der Waals surface area contributed by atoms with Crippen molar-refractivity contribution in [3.63, 3.8) is 0 Å². The van der Waals surface area contributed by atoms with Crippen LogP contribution in [-0.4, -0.2) is 16.3 Å². The predicted molar refractivity (Wildman–Crippen MR) is 66.3 cm³/mol. The molecule has 0 fully saturated rings. The van der Waals surface area contributed by atoms with E-state index in [0.29, 0.717) is 5.69 Å². The van der Waals surface area contributed by atoms with Crippen molar-refractivity contribution in [1.29, 1.82) is 0 Å². The standard InChI is InChI=1S/C11H7ClF3N3O2/c12-8-9(16-5-17-10(8)19)18-6-1-3-7(4-2-6)20-11(13,14)15/h1-5H,(H2,16,17,18,19). The zero-order valence-electron chi connectivity index (χ0n) is 9.66. The molecule has 1 aromatic heterocycles. The molecule has 0 saturated heterocycles. The van der Waals surface area contributed by atoms with Gasteiger partial charge in [0, 0.05) is 5.69 Å². The van der Waals surface area contributed by atoms with E-state index in [9.17, 15) is 18.0 Å². The molecule has 0 bridgehead atoms. The third-order valence-corrected chi connectivity index (χ3v) is 2.50. The summed E-state index contributed by atoms with van der Waals surface area (Å²) in [7, 11) is 0. The normalized spacial score (nSPS) is 11.2. The number of hydrogen-bond acceptors (Lipinski definition) is 4. The summed E-state index contributed by atoms with van der Waals surface area (Å²) in [6, 6.07) is 4.91. The number of aromatic amines is 1. The molecular weight excluding hydrogens is 299 g/mol. The van der Waals surface area contributed by atoms with Crippen LogP contribution >= 0.6 is 11.6 Å². The molecule has 106 valence electrons. The lowest BCUT2D eigenvalue weighted by Gasteiger charge is -2.10. The minimum atomic E-state index is -4.74. The van der Waals surface area contributed by atoms with Gasteiger partial charge in [-0.1, -0.05) is 11.6 Å². The van der Waals surface area contributed by atoms with Crippen LogP contribution in [0.4, 0.5) is 24.7 Å². The molecule has 5 nitrogen and oxygen atoms in total. The zero-order chi connectivity index (χ0) is 14.8. The van der Waals surface area contributed by atoms with Gasteiger partial charge in [0.05, 0.1) is 6.33 Å². The first kappa shape index (κ1) is 14.2. The van der Waals surface area contributed by atoms with Gasteiger partial charge in [-0.15, -0.1) is 13.2 Å². The maximum atomic E-state index is 12.0. The van der Waals surface area contributed by atoms with Gasteiger partial charge >= 0.3 is 6.36 Å². The van der Waals surface area contributed by atoms with Crippen molar-refractivity contribution in [2.24, 2.45) is 0 Å². The maximum absolute atomic E-state index is 12.0. The lowest BCUT2D eigenvalue weighted by molar-refractivity contribution is -0.274. The number of nitrogens with zero attached hydrogens (tertiary/aromatic N) is 1. The number of benzene rings is 1. The summed E-state index contributed by atoms with van der Waals surface area (Å²) < 4.78 is 39.7. The van der Waals surface area contributed by atoms with Gasteiger partial charge in [-0.25, -0.2) is 4.98 Å². The fourth-order valence-corrected chi connectivity index (χ4v) is 1.50. The summed E-state index contributed by atoms with van der Waals surface area (Å²) in [5, 5.41) is 2.55. The molecule has 2 rings (SSSR count). The lowest BCUT2D eigenvalue weighted by Crippen LogP contribution is -2.17. The summed E-state index contributed by atoms with van der Waals surface area (Å²) in [6.07, 6.45) is -3.59. The van der Waals surface area contributed by atoms with Gasteiger partial charge in [-0.3, -0.25) is 4.79 Å². The van der Waals surface area contributed by atoms with E-state index >= 15 is 0 Å². The van der Waals surface area contributed by atoms with E-state index in [0.717, 1.165) is 18.5 Å². The SMILES string of the molecule is O=c1[nH]cnc(Nc2ccc(OC(F)(F)F)cc2)c1Cl. The van der Waals surface area contributed by atoms with Crippen molar-refractivity contribution < 1.29 is 17.9 Å². The molecule has 0 amide bonds. The number of halogens is 4. The van der Waals surface area contributed by atoms with E-state index in [2.05, 4.69) is 20.0 Å². The molecular formula is C11H7ClF3N3O2. The number of rotatable bonds is 3. The summed E-state index contributed by atoms with van der Waals surface area (Å²) >= 11 is 5.72. The van der Waals surface area contributed by atoms with Crippen LogP contribution in [0.25, 0.3) is 0 Å².